The number of aryl methyl sites for hydroxylation is 1. The van der Waals surface area contributed by atoms with Gasteiger partial charge in [-0.05, 0) is 30.7 Å². The molecule has 3 rings (SSSR count). The summed E-state index contributed by atoms with van der Waals surface area (Å²) in [6, 6.07) is 14.1. The minimum atomic E-state index is -1.08. The molecule has 0 unspecified atom stereocenters. The van der Waals surface area contributed by atoms with Crippen LogP contribution in [0, 0.1) is 6.92 Å². The van der Waals surface area contributed by atoms with E-state index in [4.69, 9.17) is 28.3 Å². The minimum absolute atomic E-state index is 0.112. The fraction of sp³-hybridized carbons (Fsp3) is 0.150. The number of benzene rings is 2. The van der Waals surface area contributed by atoms with Gasteiger partial charge in [0, 0.05) is 21.2 Å². The van der Waals surface area contributed by atoms with Crippen LogP contribution >= 0.6 is 23.2 Å². The van der Waals surface area contributed by atoms with E-state index in [0.717, 1.165) is 11.1 Å². The first kappa shape index (κ1) is 19.1. The van der Waals surface area contributed by atoms with Crippen LogP contribution in [0.4, 0.5) is 0 Å². The molecule has 7 heteroatoms. The van der Waals surface area contributed by atoms with Crippen molar-refractivity contribution in [3.8, 4) is 11.3 Å². The van der Waals surface area contributed by atoms with Gasteiger partial charge >= 0.3 is 5.97 Å². The third kappa shape index (κ3) is 4.56. The van der Waals surface area contributed by atoms with Crippen molar-refractivity contribution < 1.29 is 9.90 Å². The Morgan fingerprint density at radius 3 is 2.41 bits per heavy atom. The summed E-state index contributed by atoms with van der Waals surface area (Å²) in [6.45, 7) is 2.08. The van der Waals surface area contributed by atoms with Gasteiger partial charge in [-0.15, -0.1) is 0 Å². The first-order chi connectivity index (χ1) is 12.8. The fourth-order valence-corrected chi connectivity index (χ4v) is 3.14. The molecule has 0 radical (unpaired) electrons. The second-order valence-electron chi connectivity index (χ2n) is 6.19. The van der Waals surface area contributed by atoms with Crippen LogP contribution in [0.3, 0.4) is 0 Å². The number of aromatic nitrogens is 2. The molecule has 0 aliphatic heterocycles. The van der Waals surface area contributed by atoms with Gasteiger partial charge in [0.1, 0.15) is 0 Å². The van der Waals surface area contributed by atoms with Crippen molar-refractivity contribution in [1.82, 2.24) is 9.78 Å². The Morgan fingerprint density at radius 2 is 1.78 bits per heavy atom. The summed E-state index contributed by atoms with van der Waals surface area (Å²) in [5, 5.41) is 14.5. The highest BCUT2D eigenvalue weighted by molar-refractivity contribution is 6.35. The number of nitrogens with zero attached hydrogens (tertiary/aromatic N) is 2. The van der Waals surface area contributed by atoms with Gasteiger partial charge in [0.25, 0.3) is 5.56 Å². The molecule has 3 aromatic rings. The van der Waals surface area contributed by atoms with Gasteiger partial charge < -0.3 is 5.11 Å². The molecule has 27 heavy (non-hydrogen) atoms. The smallest absolute Gasteiger partial charge is 0.308 e. The number of carboxylic acid groups (broad SMARTS) is 1. The second kappa shape index (κ2) is 7.94. The number of hydrogen-bond donors (Lipinski definition) is 1. The van der Waals surface area contributed by atoms with Crippen LogP contribution in [0.15, 0.2) is 53.3 Å². The number of aliphatic carboxylic acids is 1. The van der Waals surface area contributed by atoms with Crippen LogP contribution in [0.25, 0.3) is 11.3 Å². The molecular formula is C20H16Cl2N2O3. The van der Waals surface area contributed by atoms with Crippen LogP contribution in [0.2, 0.25) is 10.0 Å². The monoisotopic (exact) mass is 402 g/mol. The molecule has 0 fully saturated rings. The predicted molar refractivity (Wildman–Crippen MR) is 106 cm³/mol. The van der Waals surface area contributed by atoms with E-state index < -0.39 is 11.5 Å². The minimum Gasteiger partial charge on any atom is -0.481 e. The average molecular weight is 403 g/mol. The van der Waals surface area contributed by atoms with Crippen molar-refractivity contribution in [3.05, 3.63) is 85.6 Å². The lowest BCUT2D eigenvalue weighted by Crippen LogP contribution is -2.28. The van der Waals surface area contributed by atoms with Gasteiger partial charge in [-0.1, -0.05) is 59.1 Å². The third-order valence-corrected chi connectivity index (χ3v) is 4.66. The molecule has 0 aliphatic rings. The van der Waals surface area contributed by atoms with Crippen LogP contribution in [0.1, 0.15) is 16.7 Å². The normalized spacial score (nSPS) is 10.8. The second-order valence-corrected chi connectivity index (χ2v) is 7.03. The zero-order valence-corrected chi connectivity index (χ0v) is 16.0. The molecule has 0 amide bonds. The highest BCUT2D eigenvalue weighted by atomic mass is 35.5. The highest BCUT2D eigenvalue weighted by Crippen LogP contribution is 2.22. The van der Waals surface area contributed by atoms with E-state index in [1.807, 2.05) is 31.2 Å². The summed E-state index contributed by atoms with van der Waals surface area (Å²) in [5.41, 5.74) is 2.78. The number of halogens is 2. The van der Waals surface area contributed by atoms with Crippen molar-refractivity contribution in [2.45, 2.75) is 19.9 Å². The molecule has 5 nitrogen and oxygen atoms in total. The summed E-state index contributed by atoms with van der Waals surface area (Å²) in [5.74, 6) is -1.08. The van der Waals surface area contributed by atoms with E-state index in [2.05, 4.69) is 5.10 Å². The first-order valence-corrected chi connectivity index (χ1v) is 8.93. The van der Waals surface area contributed by atoms with Crippen LogP contribution < -0.4 is 5.56 Å². The van der Waals surface area contributed by atoms with E-state index in [1.165, 1.54) is 10.7 Å². The van der Waals surface area contributed by atoms with Gasteiger partial charge in [0.15, 0.2) is 0 Å². The summed E-state index contributed by atoms with van der Waals surface area (Å²) >= 11 is 12.1. The zero-order valence-electron chi connectivity index (χ0n) is 14.4. The highest BCUT2D eigenvalue weighted by Gasteiger charge is 2.14. The standard InChI is InChI=1S/C20H16Cl2N2O3/c1-12-2-4-13(5-3-12)18-8-15(9-19(25)26)20(27)24(23-18)11-14-6-7-16(21)10-17(14)22/h2-8,10H,9,11H2,1H3,(H,25,26). The van der Waals surface area contributed by atoms with Crippen LogP contribution in [-0.2, 0) is 17.8 Å². The van der Waals surface area contributed by atoms with Gasteiger partial charge in [-0.3, -0.25) is 9.59 Å². The Hall–Kier alpha value is -2.63. The fourth-order valence-electron chi connectivity index (χ4n) is 2.67. The van der Waals surface area contributed by atoms with Gasteiger partial charge in [0.2, 0.25) is 0 Å². The lowest BCUT2D eigenvalue weighted by Gasteiger charge is -2.11. The Balaban J connectivity index is 2.10. The number of carboxylic acids is 1. The topological polar surface area (TPSA) is 72.2 Å². The lowest BCUT2D eigenvalue weighted by atomic mass is 10.1. The molecule has 1 heterocycles. The molecule has 0 saturated carbocycles. The quantitative estimate of drug-likeness (QED) is 0.693. The summed E-state index contributed by atoms with van der Waals surface area (Å²) in [6.07, 6.45) is -0.380. The molecule has 0 bridgehead atoms. The van der Waals surface area contributed by atoms with Gasteiger partial charge in [0.05, 0.1) is 18.7 Å². The maximum atomic E-state index is 12.7. The van der Waals surface area contributed by atoms with E-state index in [1.54, 1.807) is 18.2 Å². The summed E-state index contributed by atoms with van der Waals surface area (Å²) < 4.78 is 1.24. The van der Waals surface area contributed by atoms with E-state index in [-0.39, 0.29) is 18.5 Å². The Labute approximate surface area is 165 Å². The van der Waals surface area contributed by atoms with Crippen molar-refractivity contribution in [2.75, 3.05) is 0 Å². The molecule has 0 saturated heterocycles. The number of carbonyl (C=O) groups is 1. The Bertz CT molecular complexity index is 1060. The largest absolute Gasteiger partial charge is 0.481 e. The summed E-state index contributed by atoms with van der Waals surface area (Å²) in [4.78, 5) is 23.9. The maximum Gasteiger partial charge on any atom is 0.308 e. The third-order valence-electron chi connectivity index (χ3n) is 4.07. The van der Waals surface area contributed by atoms with E-state index in [0.29, 0.717) is 21.3 Å². The van der Waals surface area contributed by atoms with Crippen LogP contribution in [-0.4, -0.2) is 20.9 Å². The molecule has 0 atom stereocenters. The maximum absolute atomic E-state index is 12.7. The summed E-state index contributed by atoms with van der Waals surface area (Å²) in [7, 11) is 0. The average Bonchev–Trinajstić information content (AvgIpc) is 2.60. The van der Waals surface area contributed by atoms with Crippen molar-refractivity contribution >= 4 is 29.2 Å². The molecule has 2 aromatic carbocycles. The Morgan fingerprint density at radius 1 is 1.07 bits per heavy atom. The SMILES string of the molecule is Cc1ccc(-c2cc(CC(=O)O)c(=O)n(Cc3ccc(Cl)cc3Cl)n2)cc1. The van der Waals surface area contributed by atoms with Gasteiger partial charge in [-0.2, -0.15) is 5.10 Å². The molecule has 0 aliphatic carbocycles. The van der Waals surface area contributed by atoms with E-state index in [9.17, 15) is 9.59 Å². The van der Waals surface area contributed by atoms with Gasteiger partial charge in [-0.25, -0.2) is 4.68 Å². The first-order valence-electron chi connectivity index (χ1n) is 8.17. The van der Waals surface area contributed by atoms with Crippen molar-refractivity contribution in [1.29, 1.82) is 0 Å². The van der Waals surface area contributed by atoms with E-state index >= 15 is 0 Å². The molecule has 1 aromatic heterocycles. The molecular weight excluding hydrogens is 387 g/mol. The zero-order chi connectivity index (χ0) is 19.6. The molecule has 0 spiro atoms. The lowest BCUT2D eigenvalue weighted by molar-refractivity contribution is -0.136. The Kier molecular flexibility index (Phi) is 5.63. The van der Waals surface area contributed by atoms with Crippen LogP contribution in [0.5, 0.6) is 0 Å². The molecule has 1 N–H and O–H groups in total. The van der Waals surface area contributed by atoms with Crippen molar-refractivity contribution in [3.63, 3.8) is 0 Å². The van der Waals surface area contributed by atoms with Crippen molar-refractivity contribution in [2.24, 2.45) is 0 Å². The number of hydrogen-bond acceptors (Lipinski definition) is 3. The number of rotatable bonds is 5. The molecule has 138 valence electrons. The predicted octanol–water partition coefficient (Wildman–Crippen LogP) is 4.20.